The van der Waals surface area contributed by atoms with Gasteiger partial charge in [0.05, 0.1) is 21.9 Å². The lowest BCUT2D eigenvalue weighted by atomic mass is 10.3. The molecule has 9 nitrogen and oxygen atoms in total. The second-order valence-corrected chi connectivity index (χ2v) is 6.04. The molecule has 0 spiro atoms. The van der Waals surface area contributed by atoms with Gasteiger partial charge in [0.15, 0.2) is 0 Å². The predicted octanol–water partition coefficient (Wildman–Crippen LogP) is 0.00410. The van der Waals surface area contributed by atoms with Crippen LogP contribution in [0.5, 0.6) is 0 Å². The highest BCUT2D eigenvalue weighted by atomic mass is 35.5. The number of nitrogens with zero attached hydrogens (tertiary/aromatic N) is 2. The average molecular weight is 323 g/mol. The molecule has 0 aliphatic carbocycles. The van der Waals surface area contributed by atoms with Gasteiger partial charge in [-0.05, 0) is 6.07 Å². The highest BCUT2D eigenvalue weighted by molar-refractivity contribution is 7.92. The van der Waals surface area contributed by atoms with Crippen molar-refractivity contribution in [2.24, 2.45) is 5.84 Å². The van der Waals surface area contributed by atoms with Crippen LogP contribution >= 0.6 is 11.6 Å². The molecule has 110 valence electrons. The number of benzene rings is 1. The SMILES string of the molecule is CS(=O)(=O)N(CC(=O)NN)c1cc([N+](=O)[O-])ccc1Cl. The molecule has 0 fully saturated rings. The van der Waals surface area contributed by atoms with Crippen molar-refractivity contribution in [2.75, 3.05) is 17.1 Å². The van der Waals surface area contributed by atoms with Gasteiger partial charge < -0.3 is 0 Å². The van der Waals surface area contributed by atoms with Crippen LogP contribution in [0.3, 0.4) is 0 Å². The summed E-state index contributed by atoms with van der Waals surface area (Å²) in [6.07, 6.45) is 0.839. The predicted molar refractivity (Wildman–Crippen MR) is 72.6 cm³/mol. The topological polar surface area (TPSA) is 136 Å². The molecule has 1 rings (SSSR count). The Kier molecular flexibility index (Phi) is 4.87. The summed E-state index contributed by atoms with van der Waals surface area (Å²) in [5.41, 5.74) is 1.24. The van der Waals surface area contributed by atoms with E-state index in [-0.39, 0.29) is 16.4 Å². The lowest BCUT2D eigenvalue weighted by Crippen LogP contribution is -2.42. The summed E-state index contributed by atoms with van der Waals surface area (Å²) in [6.45, 7) is -0.643. The van der Waals surface area contributed by atoms with E-state index in [1.165, 1.54) is 6.07 Å². The Morgan fingerprint density at radius 3 is 2.60 bits per heavy atom. The molecule has 0 saturated heterocycles. The summed E-state index contributed by atoms with van der Waals surface area (Å²) < 4.78 is 24.0. The number of nitro groups is 1. The average Bonchev–Trinajstić information content (AvgIpc) is 2.35. The number of hydrogen-bond acceptors (Lipinski definition) is 6. The number of nitro benzene ring substituents is 1. The lowest BCUT2D eigenvalue weighted by Gasteiger charge is -2.22. The van der Waals surface area contributed by atoms with Gasteiger partial charge in [0.2, 0.25) is 10.0 Å². The van der Waals surface area contributed by atoms with E-state index in [0.717, 1.165) is 18.4 Å². The third-order valence-corrected chi connectivity index (χ3v) is 3.70. The van der Waals surface area contributed by atoms with Crippen LogP contribution < -0.4 is 15.6 Å². The number of hydrogen-bond donors (Lipinski definition) is 2. The molecule has 1 amide bonds. The van der Waals surface area contributed by atoms with Crippen LogP contribution in [-0.2, 0) is 14.8 Å². The third-order valence-electron chi connectivity index (χ3n) is 2.26. The zero-order valence-corrected chi connectivity index (χ0v) is 11.8. The van der Waals surface area contributed by atoms with Crippen molar-refractivity contribution in [1.29, 1.82) is 0 Å². The Labute approximate surface area is 119 Å². The number of non-ortho nitro benzene ring substituents is 1. The van der Waals surface area contributed by atoms with Gasteiger partial charge in [0, 0.05) is 12.1 Å². The molecule has 0 saturated carbocycles. The largest absolute Gasteiger partial charge is 0.293 e. The first kappa shape index (κ1) is 16.1. The molecule has 0 heterocycles. The van der Waals surface area contributed by atoms with Crippen molar-refractivity contribution >= 4 is 38.9 Å². The number of carbonyl (C=O) groups is 1. The van der Waals surface area contributed by atoms with Crippen molar-refractivity contribution in [3.63, 3.8) is 0 Å². The normalized spacial score (nSPS) is 10.9. The number of nitrogens with two attached hydrogens (primary N) is 1. The molecule has 11 heteroatoms. The molecule has 0 aliphatic heterocycles. The molecule has 0 aliphatic rings. The highest BCUT2D eigenvalue weighted by Gasteiger charge is 2.24. The summed E-state index contributed by atoms with van der Waals surface area (Å²) in [5, 5.41) is 10.7. The number of sulfonamides is 1. The molecule has 0 atom stereocenters. The van der Waals surface area contributed by atoms with Crippen LogP contribution in [0.2, 0.25) is 5.02 Å². The van der Waals surface area contributed by atoms with E-state index in [0.29, 0.717) is 4.31 Å². The summed E-state index contributed by atoms with van der Waals surface area (Å²) in [7, 11) is -3.88. The fraction of sp³-hybridized carbons (Fsp3) is 0.222. The molecule has 0 aromatic heterocycles. The van der Waals surface area contributed by atoms with E-state index in [1.807, 2.05) is 0 Å². The second kappa shape index (κ2) is 6.03. The first-order valence-electron chi connectivity index (χ1n) is 5.08. The smallest absolute Gasteiger partial charge is 0.271 e. The maximum atomic E-state index is 11.7. The maximum Gasteiger partial charge on any atom is 0.271 e. The second-order valence-electron chi connectivity index (χ2n) is 3.73. The first-order valence-corrected chi connectivity index (χ1v) is 7.30. The quantitative estimate of drug-likeness (QED) is 0.339. The number of halogens is 1. The monoisotopic (exact) mass is 322 g/mol. The van der Waals surface area contributed by atoms with Crippen molar-refractivity contribution in [1.82, 2.24) is 5.43 Å². The van der Waals surface area contributed by atoms with Crippen LogP contribution in [0.25, 0.3) is 0 Å². The van der Waals surface area contributed by atoms with Gasteiger partial charge in [-0.1, -0.05) is 11.6 Å². The van der Waals surface area contributed by atoms with Crippen LogP contribution in [0.1, 0.15) is 0 Å². The molecule has 20 heavy (non-hydrogen) atoms. The third kappa shape index (κ3) is 3.79. The fourth-order valence-corrected chi connectivity index (χ4v) is 2.49. The van der Waals surface area contributed by atoms with Gasteiger partial charge in [-0.2, -0.15) is 0 Å². The van der Waals surface area contributed by atoms with Crippen LogP contribution in [0.15, 0.2) is 18.2 Å². The van der Waals surface area contributed by atoms with Gasteiger partial charge >= 0.3 is 0 Å². The number of anilines is 1. The molecule has 3 N–H and O–H groups in total. The Balaban J connectivity index is 3.37. The summed E-state index contributed by atoms with van der Waals surface area (Å²) in [5.74, 6) is 4.10. The minimum absolute atomic E-state index is 0.0501. The fourth-order valence-electron chi connectivity index (χ4n) is 1.36. The molecule has 1 aromatic carbocycles. The van der Waals surface area contributed by atoms with Crippen LogP contribution in [-0.4, -0.2) is 32.0 Å². The Bertz CT molecular complexity index is 648. The van der Waals surface area contributed by atoms with Crippen LogP contribution in [0.4, 0.5) is 11.4 Å². The van der Waals surface area contributed by atoms with E-state index in [1.54, 1.807) is 5.43 Å². The molecular formula is C9H11ClN4O5S. The molecule has 0 radical (unpaired) electrons. The lowest BCUT2D eigenvalue weighted by molar-refractivity contribution is -0.384. The van der Waals surface area contributed by atoms with Crippen LogP contribution in [0, 0.1) is 10.1 Å². The Morgan fingerprint density at radius 2 is 2.15 bits per heavy atom. The number of nitrogens with one attached hydrogen (secondary N) is 1. The summed E-state index contributed by atoms with van der Waals surface area (Å²) >= 11 is 5.84. The van der Waals surface area contributed by atoms with Gasteiger partial charge in [0.25, 0.3) is 11.6 Å². The first-order chi connectivity index (χ1) is 9.16. The zero-order valence-electron chi connectivity index (χ0n) is 10.2. The standard InChI is InChI=1S/C9H11ClN4O5S/c1-20(18,19)13(5-9(15)12-11)8-4-6(14(16)17)2-3-7(8)10/h2-4H,5,11H2,1H3,(H,12,15). The van der Waals surface area contributed by atoms with Gasteiger partial charge in [-0.15, -0.1) is 0 Å². The number of amides is 1. The number of carbonyl (C=O) groups excluding carboxylic acids is 1. The Hall–Kier alpha value is -1.91. The van der Waals surface area contributed by atoms with Crippen molar-refractivity contribution in [3.05, 3.63) is 33.3 Å². The van der Waals surface area contributed by atoms with E-state index >= 15 is 0 Å². The summed E-state index contributed by atoms with van der Waals surface area (Å²) in [4.78, 5) is 21.3. The molecule has 0 bridgehead atoms. The zero-order chi connectivity index (χ0) is 15.5. The molecular weight excluding hydrogens is 312 g/mol. The van der Waals surface area contributed by atoms with Gasteiger partial charge in [-0.3, -0.25) is 24.6 Å². The summed E-state index contributed by atoms with van der Waals surface area (Å²) in [6, 6.07) is 3.26. The number of hydrazine groups is 1. The maximum absolute atomic E-state index is 11.7. The molecule has 1 aromatic rings. The minimum atomic E-state index is -3.88. The Morgan fingerprint density at radius 1 is 1.55 bits per heavy atom. The van der Waals surface area contributed by atoms with Crippen molar-refractivity contribution < 1.29 is 18.1 Å². The van der Waals surface area contributed by atoms with Crippen molar-refractivity contribution in [3.8, 4) is 0 Å². The van der Waals surface area contributed by atoms with E-state index < -0.39 is 27.4 Å². The molecule has 0 unspecified atom stereocenters. The van der Waals surface area contributed by atoms with E-state index in [9.17, 15) is 23.3 Å². The van der Waals surface area contributed by atoms with Gasteiger partial charge in [0.1, 0.15) is 6.54 Å². The van der Waals surface area contributed by atoms with Crippen molar-refractivity contribution in [2.45, 2.75) is 0 Å². The highest BCUT2D eigenvalue weighted by Crippen LogP contribution is 2.31. The van der Waals surface area contributed by atoms with E-state index in [4.69, 9.17) is 17.4 Å². The van der Waals surface area contributed by atoms with E-state index in [2.05, 4.69) is 0 Å². The van der Waals surface area contributed by atoms with Gasteiger partial charge in [-0.25, -0.2) is 14.3 Å². The minimum Gasteiger partial charge on any atom is -0.293 e. The number of rotatable bonds is 5.